The Morgan fingerprint density at radius 3 is 2.48 bits per heavy atom. The Bertz CT molecular complexity index is 838. The number of nitrogens with zero attached hydrogens (tertiary/aromatic N) is 4. The zero-order valence-corrected chi connectivity index (χ0v) is 15.9. The van der Waals surface area contributed by atoms with Crippen molar-refractivity contribution >= 4 is 5.91 Å². The molecule has 142 valence electrons. The summed E-state index contributed by atoms with van der Waals surface area (Å²) in [5.41, 5.74) is 1.99. The summed E-state index contributed by atoms with van der Waals surface area (Å²) < 4.78 is 7.02. The Morgan fingerprint density at radius 1 is 1.11 bits per heavy atom. The molecule has 0 spiro atoms. The molecule has 0 unspecified atom stereocenters. The van der Waals surface area contributed by atoms with Gasteiger partial charge in [-0.25, -0.2) is 0 Å². The molecule has 3 atom stereocenters. The number of benzene rings is 1. The number of aryl methyl sites for hydroxylation is 1. The van der Waals surface area contributed by atoms with Gasteiger partial charge in [0, 0.05) is 31.7 Å². The molecule has 6 heteroatoms. The number of ether oxygens (including phenoxy) is 1. The molecule has 4 aliphatic rings. The van der Waals surface area contributed by atoms with Crippen LogP contribution in [0.15, 0.2) is 36.5 Å². The highest BCUT2D eigenvalue weighted by Crippen LogP contribution is 2.47. The van der Waals surface area contributed by atoms with Crippen molar-refractivity contribution in [1.82, 2.24) is 19.6 Å². The van der Waals surface area contributed by atoms with Crippen LogP contribution in [0.5, 0.6) is 5.75 Å². The van der Waals surface area contributed by atoms with Crippen LogP contribution in [0.1, 0.15) is 34.8 Å². The number of piperidine rings is 3. The Morgan fingerprint density at radius 2 is 1.85 bits per heavy atom. The molecule has 4 fully saturated rings. The van der Waals surface area contributed by atoms with Crippen molar-refractivity contribution in [3.63, 3.8) is 0 Å². The topological polar surface area (TPSA) is 50.6 Å². The maximum atomic E-state index is 13.4. The number of rotatable bonds is 3. The Hall–Kier alpha value is -2.34. The molecule has 1 aromatic carbocycles. The van der Waals surface area contributed by atoms with E-state index in [0.29, 0.717) is 29.6 Å². The fourth-order valence-corrected chi connectivity index (χ4v) is 5.53. The molecule has 1 aromatic heterocycles. The molecule has 2 aromatic rings. The number of fused-ring (bicyclic) bond motifs is 2. The highest BCUT2D eigenvalue weighted by molar-refractivity contribution is 5.93. The molecule has 0 radical (unpaired) electrons. The predicted molar refractivity (Wildman–Crippen MR) is 102 cm³/mol. The summed E-state index contributed by atoms with van der Waals surface area (Å²) in [6.45, 7) is 3.09. The maximum Gasteiger partial charge on any atom is 0.272 e. The molecule has 4 saturated heterocycles. The fourth-order valence-electron chi connectivity index (χ4n) is 5.53. The van der Waals surface area contributed by atoms with Crippen LogP contribution in [0.4, 0.5) is 0 Å². The van der Waals surface area contributed by atoms with Crippen LogP contribution in [-0.4, -0.2) is 64.3 Å². The fraction of sp³-hybridized carbons (Fsp3) is 0.524. The minimum atomic E-state index is 0.120. The van der Waals surface area contributed by atoms with Gasteiger partial charge in [0.2, 0.25) is 0 Å². The lowest BCUT2D eigenvalue weighted by Crippen LogP contribution is -2.60. The predicted octanol–water partition coefficient (Wildman–Crippen LogP) is 2.13. The minimum Gasteiger partial charge on any atom is -0.497 e. The van der Waals surface area contributed by atoms with Crippen LogP contribution in [0.2, 0.25) is 0 Å². The highest BCUT2D eigenvalue weighted by atomic mass is 16.5. The van der Waals surface area contributed by atoms with Crippen LogP contribution < -0.4 is 4.74 Å². The van der Waals surface area contributed by atoms with Crippen molar-refractivity contribution in [3.8, 4) is 5.75 Å². The lowest BCUT2D eigenvalue weighted by Gasteiger charge is -2.51. The molecule has 1 amide bonds. The monoisotopic (exact) mass is 366 g/mol. The van der Waals surface area contributed by atoms with Gasteiger partial charge in [-0.1, -0.05) is 12.1 Å². The van der Waals surface area contributed by atoms with Gasteiger partial charge in [0.1, 0.15) is 11.4 Å². The normalized spacial score (nSPS) is 31.8. The van der Waals surface area contributed by atoms with E-state index < -0.39 is 0 Å². The third kappa shape index (κ3) is 2.57. The van der Waals surface area contributed by atoms with Crippen molar-refractivity contribution in [3.05, 3.63) is 47.8 Å². The van der Waals surface area contributed by atoms with Crippen LogP contribution >= 0.6 is 0 Å². The average Bonchev–Trinajstić information content (AvgIpc) is 3.34. The van der Waals surface area contributed by atoms with Gasteiger partial charge in [0.25, 0.3) is 5.91 Å². The molecule has 0 saturated carbocycles. The van der Waals surface area contributed by atoms with Crippen LogP contribution in [0.25, 0.3) is 0 Å². The van der Waals surface area contributed by atoms with Gasteiger partial charge in [0.15, 0.2) is 0 Å². The van der Waals surface area contributed by atoms with Crippen molar-refractivity contribution in [2.24, 2.45) is 13.0 Å². The summed E-state index contributed by atoms with van der Waals surface area (Å²) >= 11 is 0. The molecule has 5 heterocycles. The van der Waals surface area contributed by atoms with Crippen LogP contribution in [0, 0.1) is 5.92 Å². The van der Waals surface area contributed by atoms with Crippen molar-refractivity contribution in [1.29, 1.82) is 0 Å². The van der Waals surface area contributed by atoms with E-state index in [1.165, 1.54) is 18.4 Å². The number of methoxy groups -OCH3 is 1. The molecule has 0 N–H and O–H groups in total. The van der Waals surface area contributed by atoms with Gasteiger partial charge < -0.3 is 9.64 Å². The second-order valence-corrected chi connectivity index (χ2v) is 8.03. The lowest BCUT2D eigenvalue weighted by molar-refractivity contribution is -0.00372. The molecule has 27 heavy (non-hydrogen) atoms. The third-order valence-electron chi connectivity index (χ3n) is 6.84. The van der Waals surface area contributed by atoms with Crippen molar-refractivity contribution < 1.29 is 9.53 Å². The largest absolute Gasteiger partial charge is 0.497 e. The van der Waals surface area contributed by atoms with E-state index in [4.69, 9.17) is 4.74 Å². The first-order valence-electron chi connectivity index (χ1n) is 9.84. The molecule has 6 nitrogen and oxygen atoms in total. The summed E-state index contributed by atoms with van der Waals surface area (Å²) in [6.07, 6.45) is 4.11. The molecule has 6 rings (SSSR count). The van der Waals surface area contributed by atoms with Crippen molar-refractivity contribution in [2.75, 3.05) is 26.7 Å². The minimum absolute atomic E-state index is 0.120. The number of amides is 1. The smallest absolute Gasteiger partial charge is 0.272 e. The summed E-state index contributed by atoms with van der Waals surface area (Å²) in [5, 5.41) is 4.20. The van der Waals surface area contributed by atoms with Crippen LogP contribution in [-0.2, 0) is 7.05 Å². The van der Waals surface area contributed by atoms with E-state index in [9.17, 15) is 4.79 Å². The second-order valence-electron chi connectivity index (χ2n) is 8.03. The molecule has 4 aliphatic heterocycles. The first kappa shape index (κ1) is 16.8. The van der Waals surface area contributed by atoms with E-state index in [2.05, 4.69) is 27.0 Å². The number of hydrogen-bond acceptors (Lipinski definition) is 4. The van der Waals surface area contributed by atoms with Gasteiger partial charge >= 0.3 is 0 Å². The first-order valence-corrected chi connectivity index (χ1v) is 9.84. The standard InChI is InChI=1S/C21H26N4O2/c1-23-18(7-10-22-23)21(26)25-13-17(14-3-5-16(27-2)6-4-14)20-19(25)15-8-11-24(20)12-9-15/h3-7,10,15,17,19-20H,8-9,11-13H2,1-2H3/t17-,19+,20+/m0/s1. The molecular weight excluding hydrogens is 340 g/mol. The third-order valence-corrected chi connectivity index (χ3v) is 6.84. The molecule has 2 bridgehead atoms. The summed E-state index contributed by atoms with van der Waals surface area (Å²) in [7, 11) is 3.54. The van der Waals surface area contributed by atoms with Crippen molar-refractivity contribution in [2.45, 2.75) is 30.8 Å². The lowest BCUT2D eigenvalue weighted by atomic mass is 9.75. The second kappa shape index (κ2) is 6.37. The Labute approximate surface area is 159 Å². The Kier molecular flexibility index (Phi) is 3.97. The number of hydrogen-bond donors (Lipinski definition) is 0. The maximum absolute atomic E-state index is 13.4. The SMILES string of the molecule is COc1ccc([C@@H]2CN(C(=O)c3ccnn3C)[C@@H]3C4CCN(CC4)[C@@H]32)cc1. The van der Waals surface area contributed by atoms with Crippen LogP contribution in [0.3, 0.4) is 0 Å². The van der Waals surface area contributed by atoms with E-state index in [0.717, 1.165) is 25.4 Å². The van der Waals surface area contributed by atoms with E-state index >= 15 is 0 Å². The van der Waals surface area contributed by atoms with E-state index in [-0.39, 0.29) is 5.91 Å². The highest BCUT2D eigenvalue weighted by Gasteiger charge is 2.54. The number of likely N-dealkylation sites (tertiary alicyclic amines) is 1. The number of aromatic nitrogens is 2. The number of carbonyl (C=O) groups excluding carboxylic acids is 1. The van der Waals surface area contributed by atoms with Gasteiger partial charge in [0.05, 0.1) is 13.2 Å². The quantitative estimate of drug-likeness (QED) is 0.835. The molecular formula is C21H26N4O2. The molecule has 0 aliphatic carbocycles. The summed E-state index contributed by atoms with van der Waals surface area (Å²) in [6, 6.07) is 11.0. The Balaban J connectivity index is 1.51. The zero-order chi connectivity index (χ0) is 18.5. The van der Waals surface area contributed by atoms with Gasteiger partial charge in [-0.05, 0) is 55.6 Å². The number of carbonyl (C=O) groups is 1. The zero-order valence-electron chi connectivity index (χ0n) is 15.9. The first-order chi connectivity index (χ1) is 13.2. The van der Waals surface area contributed by atoms with Gasteiger partial charge in [-0.15, -0.1) is 0 Å². The summed E-state index contributed by atoms with van der Waals surface area (Å²) in [5.74, 6) is 1.96. The van der Waals surface area contributed by atoms with E-state index in [1.54, 1.807) is 18.0 Å². The van der Waals surface area contributed by atoms with Gasteiger partial charge in [-0.2, -0.15) is 5.10 Å². The average molecular weight is 366 g/mol. The van der Waals surface area contributed by atoms with E-state index in [1.807, 2.05) is 25.2 Å². The summed E-state index contributed by atoms with van der Waals surface area (Å²) in [4.78, 5) is 18.1. The van der Waals surface area contributed by atoms with Gasteiger partial charge in [-0.3, -0.25) is 14.4 Å².